The highest BCUT2D eigenvalue weighted by molar-refractivity contribution is 9.10. The normalized spacial score (nSPS) is 20.0. The Morgan fingerprint density at radius 2 is 2.22 bits per heavy atom. The molecule has 1 aliphatic heterocycles. The van der Waals surface area contributed by atoms with E-state index in [2.05, 4.69) is 15.9 Å². The van der Waals surface area contributed by atoms with Crippen molar-refractivity contribution >= 4 is 33.2 Å². The molecule has 1 aromatic carbocycles. The first-order valence-corrected chi connectivity index (χ1v) is 6.31. The van der Waals surface area contributed by atoms with Gasteiger partial charge in [0, 0.05) is 23.2 Å². The molecule has 1 amide bonds. The molecule has 0 spiro atoms. The van der Waals surface area contributed by atoms with Crippen molar-refractivity contribution < 1.29 is 9.72 Å². The maximum Gasteiger partial charge on any atom is 0.271 e. The first kappa shape index (κ1) is 13.0. The summed E-state index contributed by atoms with van der Waals surface area (Å²) < 4.78 is 0.649. The summed E-state index contributed by atoms with van der Waals surface area (Å²) in [6.07, 6.45) is 1.45. The fourth-order valence-corrected chi connectivity index (χ4v) is 2.42. The van der Waals surface area contributed by atoms with Gasteiger partial charge in [-0.3, -0.25) is 14.9 Å². The predicted molar refractivity (Wildman–Crippen MR) is 70.4 cm³/mol. The number of non-ortho nitro benzene ring substituents is 1. The number of carbonyl (C=O) groups excluding carboxylic acids is 1. The van der Waals surface area contributed by atoms with E-state index in [0.717, 1.165) is 6.42 Å². The van der Waals surface area contributed by atoms with Crippen LogP contribution in [0.1, 0.15) is 12.8 Å². The van der Waals surface area contributed by atoms with Crippen LogP contribution in [-0.2, 0) is 4.79 Å². The molecule has 2 rings (SSSR count). The molecule has 1 atom stereocenters. The van der Waals surface area contributed by atoms with E-state index >= 15 is 0 Å². The molecule has 0 radical (unpaired) electrons. The zero-order chi connectivity index (χ0) is 13.3. The van der Waals surface area contributed by atoms with Crippen LogP contribution in [0.4, 0.5) is 11.4 Å². The lowest BCUT2D eigenvalue weighted by molar-refractivity contribution is -0.384. The number of amides is 1. The number of rotatable bonds is 2. The van der Waals surface area contributed by atoms with Gasteiger partial charge >= 0.3 is 0 Å². The summed E-state index contributed by atoms with van der Waals surface area (Å²) in [5.41, 5.74) is 6.18. The van der Waals surface area contributed by atoms with Gasteiger partial charge in [0.1, 0.15) is 0 Å². The molecular formula is C11H12BrN3O3. The number of nitrogens with two attached hydrogens (primary N) is 1. The van der Waals surface area contributed by atoms with Crippen molar-refractivity contribution in [1.82, 2.24) is 0 Å². The highest BCUT2D eigenvalue weighted by Crippen LogP contribution is 2.32. The van der Waals surface area contributed by atoms with Crippen LogP contribution in [0.2, 0.25) is 0 Å². The summed E-state index contributed by atoms with van der Waals surface area (Å²) in [5.74, 6) is -0.192. The molecule has 7 heteroatoms. The number of nitro benzene ring substituents is 1. The largest absolute Gasteiger partial charge is 0.320 e. The molecule has 0 aromatic heterocycles. The standard InChI is InChI=1S/C11H12BrN3O3/c12-8-4-3-7(15(17)18)6-10(8)14-5-1-2-9(13)11(14)16/h3-4,6,9H,1-2,5,13H2. The zero-order valence-electron chi connectivity index (χ0n) is 9.51. The van der Waals surface area contributed by atoms with Gasteiger partial charge < -0.3 is 10.6 Å². The number of nitro groups is 1. The molecule has 0 saturated carbocycles. The summed E-state index contributed by atoms with van der Waals surface area (Å²) in [6.45, 7) is 0.534. The minimum atomic E-state index is -0.523. The molecule has 1 saturated heterocycles. The lowest BCUT2D eigenvalue weighted by atomic mass is 10.0. The maximum absolute atomic E-state index is 12.0. The Kier molecular flexibility index (Phi) is 3.63. The van der Waals surface area contributed by atoms with E-state index in [4.69, 9.17) is 5.73 Å². The van der Waals surface area contributed by atoms with E-state index in [9.17, 15) is 14.9 Å². The smallest absolute Gasteiger partial charge is 0.271 e. The maximum atomic E-state index is 12.0. The highest BCUT2D eigenvalue weighted by Gasteiger charge is 2.28. The Labute approximate surface area is 112 Å². The second kappa shape index (κ2) is 5.03. The van der Waals surface area contributed by atoms with E-state index < -0.39 is 11.0 Å². The molecule has 1 aromatic rings. The van der Waals surface area contributed by atoms with Crippen LogP contribution in [0, 0.1) is 10.1 Å². The van der Waals surface area contributed by atoms with Gasteiger partial charge in [0.15, 0.2) is 0 Å². The van der Waals surface area contributed by atoms with Gasteiger partial charge in [0.2, 0.25) is 5.91 Å². The van der Waals surface area contributed by atoms with Gasteiger partial charge in [-0.25, -0.2) is 0 Å². The molecule has 1 unspecified atom stereocenters. The molecule has 1 aliphatic rings. The Balaban J connectivity index is 2.40. The quantitative estimate of drug-likeness (QED) is 0.666. The van der Waals surface area contributed by atoms with Crippen molar-refractivity contribution in [3.05, 3.63) is 32.8 Å². The summed E-state index contributed by atoms with van der Waals surface area (Å²) in [6, 6.07) is 3.83. The predicted octanol–water partition coefficient (Wildman–Crippen LogP) is 1.81. The van der Waals surface area contributed by atoms with Crippen molar-refractivity contribution in [2.75, 3.05) is 11.4 Å². The summed E-state index contributed by atoms with van der Waals surface area (Å²) in [4.78, 5) is 23.7. The van der Waals surface area contributed by atoms with Crippen LogP contribution in [0.5, 0.6) is 0 Å². The number of anilines is 1. The number of halogens is 1. The molecule has 18 heavy (non-hydrogen) atoms. The van der Waals surface area contributed by atoms with E-state index in [0.29, 0.717) is 23.1 Å². The van der Waals surface area contributed by atoms with Crippen LogP contribution in [0.15, 0.2) is 22.7 Å². The van der Waals surface area contributed by atoms with E-state index in [-0.39, 0.29) is 11.6 Å². The number of piperidine rings is 1. The first-order chi connectivity index (χ1) is 8.50. The lowest BCUT2D eigenvalue weighted by Gasteiger charge is -2.30. The van der Waals surface area contributed by atoms with Gasteiger partial charge in [-0.15, -0.1) is 0 Å². The SMILES string of the molecule is NC1CCCN(c2cc([N+](=O)[O-])ccc2Br)C1=O. The average molecular weight is 314 g/mol. The third-order valence-electron chi connectivity index (χ3n) is 2.91. The molecular weight excluding hydrogens is 302 g/mol. The van der Waals surface area contributed by atoms with Crippen LogP contribution in [-0.4, -0.2) is 23.4 Å². The van der Waals surface area contributed by atoms with Crippen molar-refractivity contribution in [1.29, 1.82) is 0 Å². The van der Waals surface area contributed by atoms with Gasteiger partial charge in [-0.2, -0.15) is 0 Å². The third-order valence-corrected chi connectivity index (χ3v) is 3.58. The summed E-state index contributed by atoms with van der Waals surface area (Å²) >= 11 is 3.31. The Hall–Kier alpha value is -1.47. The topological polar surface area (TPSA) is 89.5 Å². The number of nitrogens with zero attached hydrogens (tertiary/aromatic N) is 2. The van der Waals surface area contributed by atoms with Crippen LogP contribution < -0.4 is 10.6 Å². The zero-order valence-corrected chi connectivity index (χ0v) is 11.1. The number of benzene rings is 1. The molecule has 1 heterocycles. The van der Waals surface area contributed by atoms with Crippen molar-refractivity contribution in [2.45, 2.75) is 18.9 Å². The second-order valence-electron chi connectivity index (χ2n) is 4.13. The van der Waals surface area contributed by atoms with Gasteiger partial charge in [0.25, 0.3) is 5.69 Å². The monoisotopic (exact) mass is 313 g/mol. The Morgan fingerprint density at radius 1 is 1.50 bits per heavy atom. The number of hydrogen-bond donors (Lipinski definition) is 1. The van der Waals surface area contributed by atoms with Crippen LogP contribution in [0.3, 0.4) is 0 Å². The van der Waals surface area contributed by atoms with E-state index in [1.165, 1.54) is 17.0 Å². The van der Waals surface area contributed by atoms with Crippen molar-refractivity contribution in [3.63, 3.8) is 0 Å². The number of hydrogen-bond acceptors (Lipinski definition) is 4. The van der Waals surface area contributed by atoms with Gasteiger partial charge in [-0.05, 0) is 34.8 Å². The Bertz CT molecular complexity index is 506. The average Bonchev–Trinajstić information content (AvgIpc) is 2.33. The van der Waals surface area contributed by atoms with Crippen molar-refractivity contribution in [2.24, 2.45) is 5.73 Å². The number of carbonyl (C=O) groups is 1. The molecule has 0 aliphatic carbocycles. The fourth-order valence-electron chi connectivity index (χ4n) is 1.96. The van der Waals surface area contributed by atoms with Crippen LogP contribution >= 0.6 is 15.9 Å². The summed E-state index contributed by atoms with van der Waals surface area (Å²) in [7, 11) is 0. The third kappa shape index (κ3) is 2.37. The Morgan fingerprint density at radius 3 is 2.89 bits per heavy atom. The highest BCUT2D eigenvalue weighted by atomic mass is 79.9. The minimum absolute atomic E-state index is 0.0415. The van der Waals surface area contributed by atoms with Crippen molar-refractivity contribution in [3.8, 4) is 0 Å². The molecule has 96 valence electrons. The van der Waals surface area contributed by atoms with Gasteiger partial charge in [0.05, 0.1) is 16.7 Å². The second-order valence-corrected chi connectivity index (χ2v) is 4.99. The molecule has 2 N–H and O–H groups in total. The van der Waals surface area contributed by atoms with Gasteiger partial charge in [-0.1, -0.05) is 0 Å². The summed E-state index contributed by atoms with van der Waals surface area (Å²) in [5, 5.41) is 10.8. The molecule has 0 bridgehead atoms. The van der Waals surface area contributed by atoms with E-state index in [1.54, 1.807) is 6.07 Å². The fraction of sp³-hybridized carbons (Fsp3) is 0.364. The lowest BCUT2D eigenvalue weighted by Crippen LogP contribution is -2.48. The minimum Gasteiger partial charge on any atom is -0.320 e. The van der Waals surface area contributed by atoms with E-state index in [1.807, 2.05) is 0 Å². The molecule has 6 nitrogen and oxygen atoms in total. The first-order valence-electron chi connectivity index (χ1n) is 5.51. The molecule has 1 fully saturated rings. The van der Waals surface area contributed by atoms with Crippen LogP contribution in [0.25, 0.3) is 0 Å².